The topological polar surface area (TPSA) is 64.3 Å². The molecule has 19 heavy (non-hydrogen) atoms. The molecule has 3 N–H and O–H groups in total. The summed E-state index contributed by atoms with van der Waals surface area (Å²) in [5.41, 5.74) is 7.98. The number of carbonyl (C=O) groups excluding carboxylic acids is 1. The van der Waals surface area contributed by atoms with Crippen LogP contribution in [0.3, 0.4) is 0 Å². The fraction of sp³-hybridized carbons (Fsp3) is 0.533. The van der Waals surface area contributed by atoms with E-state index in [1.165, 1.54) is 0 Å². The van der Waals surface area contributed by atoms with Crippen LogP contribution in [-0.2, 0) is 4.74 Å². The Morgan fingerprint density at radius 1 is 1.32 bits per heavy atom. The van der Waals surface area contributed by atoms with Crippen molar-refractivity contribution in [1.29, 1.82) is 0 Å². The van der Waals surface area contributed by atoms with Gasteiger partial charge in [0.05, 0.1) is 6.10 Å². The lowest BCUT2D eigenvalue weighted by Crippen LogP contribution is -2.29. The number of rotatable bonds is 4. The molecule has 0 heterocycles. The van der Waals surface area contributed by atoms with Crippen LogP contribution in [0, 0.1) is 6.92 Å². The van der Waals surface area contributed by atoms with E-state index in [0.29, 0.717) is 17.7 Å². The highest BCUT2D eigenvalue weighted by Gasteiger charge is 2.20. The lowest BCUT2D eigenvalue weighted by molar-refractivity contribution is 0.0682. The zero-order valence-corrected chi connectivity index (χ0v) is 11.6. The Labute approximate surface area is 114 Å². The number of carbonyl (C=O) groups is 1. The predicted molar refractivity (Wildman–Crippen MR) is 76.4 cm³/mol. The molecule has 0 saturated heterocycles. The quantitative estimate of drug-likeness (QED) is 0.876. The molecule has 0 spiro atoms. The minimum Gasteiger partial charge on any atom is -0.382 e. The maximum atomic E-state index is 11.1. The lowest BCUT2D eigenvalue weighted by atomic mass is 9.92. The minimum absolute atomic E-state index is 0.379. The Bertz CT molecular complexity index is 451. The second-order valence-electron chi connectivity index (χ2n) is 5.25. The molecule has 1 aromatic carbocycles. The molecular weight excluding hydrogens is 240 g/mol. The molecule has 0 atom stereocenters. The van der Waals surface area contributed by atoms with Gasteiger partial charge in [0, 0.05) is 24.4 Å². The van der Waals surface area contributed by atoms with Gasteiger partial charge in [-0.3, -0.25) is 4.79 Å². The van der Waals surface area contributed by atoms with Crippen LogP contribution in [0.5, 0.6) is 0 Å². The summed E-state index contributed by atoms with van der Waals surface area (Å²) in [5.74, 6) is -0.379. The number of primary amides is 1. The van der Waals surface area contributed by atoms with Gasteiger partial charge in [0.25, 0.3) is 0 Å². The van der Waals surface area contributed by atoms with E-state index in [2.05, 4.69) is 5.32 Å². The van der Waals surface area contributed by atoms with Crippen molar-refractivity contribution < 1.29 is 9.53 Å². The third kappa shape index (κ3) is 3.47. The fourth-order valence-corrected chi connectivity index (χ4v) is 2.64. The van der Waals surface area contributed by atoms with Gasteiger partial charge < -0.3 is 15.8 Å². The first-order valence-electron chi connectivity index (χ1n) is 6.80. The molecule has 2 rings (SSSR count). The molecule has 4 heteroatoms. The van der Waals surface area contributed by atoms with Crippen molar-refractivity contribution >= 4 is 11.6 Å². The highest BCUT2D eigenvalue weighted by molar-refractivity contribution is 5.93. The highest BCUT2D eigenvalue weighted by Crippen LogP contribution is 2.25. The van der Waals surface area contributed by atoms with Gasteiger partial charge in [-0.25, -0.2) is 0 Å². The van der Waals surface area contributed by atoms with E-state index < -0.39 is 0 Å². The number of aryl methyl sites for hydroxylation is 1. The largest absolute Gasteiger partial charge is 0.382 e. The number of nitrogens with one attached hydrogen (secondary N) is 1. The molecule has 4 nitrogen and oxygen atoms in total. The number of nitrogens with two attached hydrogens (primary N) is 1. The van der Waals surface area contributed by atoms with Crippen LogP contribution in [0.2, 0.25) is 0 Å². The smallest absolute Gasteiger partial charge is 0.248 e. The molecular formula is C15H22N2O2. The standard InChI is InChI=1S/C15H22N2O2/c1-10-9-11(15(16)18)3-8-14(10)17-12-4-6-13(19-2)7-5-12/h3,8-9,12-13,17H,4-7H2,1-2H3,(H2,16,18). The second-order valence-corrected chi connectivity index (χ2v) is 5.25. The highest BCUT2D eigenvalue weighted by atomic mass is 16.5. The zero-order chi connectivity index (χ0) is 13.8. The molecule has 1 aliphatic carbocycles. The molecule has 0 unspecified atom stereocenters. The Morgan fingerprint density at radius 2 is 2.00 bits per heavy atom. The van der Waals surface area contributed by atoms with Crippen molar-refractivity contribution in [3.8, 4) is 0 Å². The number of amides is 1. The normalized spacial score (nSPS) is 23.1. The molecule has 0 aromatic heterocycles. The van der Waals surface area contributed by atoms with Crippen molar-refractivity contribution in [3.63, 3.8) is 0 Å². The summed E-state index contributed by atoms with van der Waals surface area (Å²) in [5, 5.41) is 3.55. The van der Waals surface area contributed by atoms with Gasteiger partial charge in [0.2, 0.25) is 5.91 Å². The first kappa shape index (κ1) is 13.9. The number of hydrogen-bond acceptors (Lipinski definition) is 3. The van der Waals surface area contributed by atoms with Gasteiger partial charge in [-0.15, -0.1) is 0 Å². The van der Waals surface area contributed by atoms with Crippen molar-refractivity contribution in [2.45, 2.75) is 44.8 Å². The first-order chi connectivity index (χ1) is 9.10. The molecule has 0 aliphatic heterocycles. The maximum absolute atomic E-state index is 11.1. The van der Waals surface area contributed by atoms with E-state index in [9.17, 15) is 4.79 Å². The van der Waals surface area contributed by atoms with E-state index in [1.807, 2.05) is 19.1 Å². The van der Waals surface area contributed by atoms with E-state index in [0.717, 1.165) is 36.9 Å². The maximum Gasteiger partial charge on any atom is 0.248 e. The summed E-state index contributed by atoms with van der Waals surface area (Å²) in [6, 6.07) is 6.05. The van der Waals surface area contributed by atoms with Crippen LogP contribution < -0.4 is 11.1 Å². The Morgan fingerprint density at radius 3 is 2.53 bits per heavy atom. The number of methoxy groups -OCH3 is 1. The summed E-state index contributed by atoms with van der Waals surface area (Å²) in [6.07, 6.45) is 4.86. The Kier molecular flexibility index (Phi) is 4.43. The molecule has 0 radical (unpaired) electrons. The Hall–Kier alpha value is -1.55. The van der Waals surface area contributed by atoms with Gasteiger partial charge >= 0.3 is 0 Å². The van der Waals surface area contributed by atoms with E-state index >= 15 is 0 Å². The molecule has 104 valence electrons. The minimum atomic E-state index is -0.379. The monoisotopic (exact) mass is 262 g/mol. The number of hydrogen-bond donors (Lipinski definition) is 2. The molecule has 1 aromatic rings. The third-order valence-corrected chi connectivity index (χ3v) is 3.88. The summed E-state index contributed by atoms with van der Waals surface area (Å²) in [7, 11) is 1.78. The molecule has 1 aliphatic rings. The van der Waals surface area contributed by atoms with Crippen LogP contribution in [0.4, 0.5) is 5.69 Å². The average molecular weight is 262 g/mol. The lowest BCUT2D eigenvalue weighted by Gasteiger charge is -2.29. The van der Waals surface area contributed by atoms with Crippen LogP contribution in [-0.4, -0.2) is 25.2 Å². The number of anilines is 1. The summed E-state index contributed by atoms with van der Waals surface area (Å²) in [6.45, 7) is 2.00. The van der Waals surface area contributed by atoms with Gasteiger partial charge in [0.1, 0.15) is 0 Å². The van der Waals surface area contributed by atoms with Crippen LogP contribution >= 0.6 is 0 Å². The SMILES string of the molecule is COC1CCC(Nc2ccc(C(N)=O)cc2C)CC1. The average Bonchev–Trinajstić information content (AvgIpc) is 2.41. The van der Waals surface area contributed by atoms with Crippen molar-refractivity contribution in [2.75, 3.05) is 12.4 Å². The molecule has 1 saturated carbocycles. The summed E-state index contributed by atoms with van der Waals surface area (Å²) in [4.78, 5) is 11.1. The van der Waals surface area contributed by atoms with Crippen LogP contribution in [0.15, 0.2) is 18.2 Å². The third-order valence-electron chi connectivity index (χ3n) is 3.88. The van der Waals surface area contributed by atoms with Crippen molar-refractivity contribution in [1.82, 2.24) is 0 Å². The van der Waals surface area contributed by atoms with Crippen LogP contribution in [0.1, 0.15) is 41.6 Å². The zero-order valence-electron chi connectivity index (χ0n) is 11.6. The molecule has 0 bridgehead atoms. The van der Waals surface area contributed by atoms with Gasteiger partial charge in [-0.2, -0.15) is 0 Å². The number of benzene rings is 1. The van der Waals surface area contributed by atoms with E-state index in [-0.39, 0.29) is 5.91 Å². The van der Waals surface area contributed by atoms with E-state index in [1.54, 1.807) is 13.2 Å². The summed E-state index contributed by atoms with van der Waals surface area (Å²) >= 11 is 0. The second kappa shape index (κ2) is 6.06. The van der Waals surface area contributed by atoms with Gasteiger partial charge in [0.15, 0.2) is 0 Å². The molecule has 1 fully saturated rings. The fourth-order valence-electron chi connectivity index (χ4n) is 2.64. The first-order valence-corrected chi connectivity index (χ1v) is 6.80. The van der Waals surface area contributed by atoms with E-state index in [4.69, 9.17) is 10.5 Å². The van der Waals surface area contributed by atoms with Crippen LogP contribution in [0.25, 0.3) is 0 Å². The van der Waals surface area contributed by atoms with Crippen molar-refractivity contribution in [3.05, 3.63) is 29.3 Å². The number of ether oxygens (including phenoxy) is 1. The summed E-state index contributed by atoms with van der Waals surface area (Å²) < 4.78 is 5.38. The molecule has 1 amide bonds. The predicted octanol–water partition coefficient (Wildman–Crippen LogP) is 2.46. The van der Waals surface area contributed by atoms with Gasteiger partial charge in [-0.05, 0) is 56.4 Å². The van der Waals surface area contributed by atoms with Crippen molar-refractivity contribution in [2.24, 2.45) is 5.73 Å². The Balaban J connectivity index is 1.98. The van der Waals surface area contributed by atoms with Gasteiger partial charge in [-0.1, -0.05) is 0 Å².